The van der Waals surface area contributed by atoms with E-state index in [2.05, 4.69) is 10.2 Å². The SMILES string of the molecule is O=C(N[C@@H]1CC[C@@]2(O)[C@H]3Cc4ccc(O)c5c4[C@@]2(CCN3CC2CC2)[C@H]1O5)c1ccsc1. The second-order valence-corrected chi connectivity index (χ2v) is 11.2. The number of carbonyl (C=O) groups excluding carboxylic acids is 1. The van der Waals surface area contributed by atoms with E-state index in [4.69, 9.17) is 4.74 Å². The van der Waals surface area contributed by atoms with Crippen LogP contribution in [0.2, 0.25) is 0 Å². The number of likely N-dealkylation sites (tertiary alicyclic amines) is 1. The molecule has 2 saturated carbocycles. The van der Waals surface area contributed by atoms with Gasteiger partial charge in [-0.1, -0.05) is 6.07 Å². The monoisotopic (exact) mass is 452 g/mol. The second-order valence-electron chi connectivity index (χ2n) is 10.4. The zero-order chi connectivity index (χ0) is 21.7. The lowest BCUT2D eigenvalue weighted by molar-refractivity contribution is -0.191. The maximum atomic E-state index is 12.9. The van der Waals surface area contributed by atoms with Crippen LogP contribution in [0.3, 0.4) is 0 Å². The lowest BCUT2D eigenvalue weighted by Gasteiger charge is -2.64. The Bertz CT molecular complexity index is 1100. The molecule has 1 aromatic carbocycles. The number of carbonyl (C=O) groups is 1. The fourth-order valence-electron chi connectivity index (χ4n) is 7.27. The Hall–Kier alpha value is -2.09. The Labute approximate surface area is 191 Å². The molecule has 3 fully saturated rings. The first kappa shape index (κ1) is 19.4. The third kappa shape index (κ3) is 2.39. The number of benzene rings is 1. The van der Waals surface area contributed by atoms with Crippen LogP contribution in [0.25, 0.3) is 0 Å². The summed E-state index contributed by atoms with van der Waals surface area (Å²) in [5.41, 5.74) is 1.33. The lowest BCUT2D eigenvalue weighted by atomic mass is 9.48. The maximum absolute atomic E-state index is 12.9. The van der Waals surface area contributed by atoms with E-state index in [0.717, 1.165) is 37.4 Å². The summed E-state index contributed by atoms with van der Waals surface area (Å²) in [5.74, 6) is 1.33. The quantitative estimate of drug-likeness (QED) is 0.665. The standard InChI is InChI=1S/C25H28N2O4S/c28-18-4-3-15-11-19-25(30)7-5-17(26-23(29)16-6-10-32-13-16)22-24(25,20(15)21(18)31-22)8-9-27(19)12-14-1-2-14/h3-4,6,10,13-14,17,19,22,28,30H,1-2,5,7-9,11-12H2,(H,26,29)/t17-,19-,22+,24+,25-/m1/s1. The zero-order valence-electron chi connectivity index (χ0n) is 17.9. The molecule has 7 heteroatoms. The highest BCUT2D eigenvalue weighted by Crippen LogP contribution is 2.65. The Morgan fingerprint density at radius 1 is 1.25 bits per heavy atom. The molecule has 2 bridgehead atoms. The van der Waals surface area contributed by atoms with Crippen LogP contribution in [-0.2, 0) is 11.8 Å². The summed E-state index contributed by atoms with van der Waals surface area (Å²) in [4.78, 5) is 15.4. The van der Waals surface area contributed by atoms with E-state index in [-0.39, 0.29) is 29.8 Å². The molecule has 3 N–H and O–H groups in total. The minimum atomic E-state index is -0.916. The van der Waals surface area contributed by atoms with Crippen molar-refractivity contribution in [3.05, 3.63) is 45.6 Å². The van der Waals surface area contributed by atoms with Crippen molar-refractivity contribution < 1.29 is 19.7 Å². The van der Waals surface area contributed by atoms with Crippen molar-refractivity contribution in [2.24, 2.45) is 5.92 Å². The van der Waals surface area contributed by atoms with E-state index in [1.165, 1.54) is 29.7 Å². The normalized spacial score (nSPS) is 37.0. The van der Waals surface area contributed by atoms with Crippen LogP contribution in [0, 0.1) is 5.92 Å². The smallest absolute Gasteiger partial charge is 0.252 e. The van der Waals surface area contributed by atoms with Gasteiger partial charge >= 0.3 is 0 Å². The van der Waals surface area contributed by atoms with Crippen molar-refractivity contribution in [2.45, 2.75) is 67.7 Å². The van der Waals surface area contributed by atoms with Crippen molar-refractivity contribution in [1.82, 2.24) is 10.2 Å². The Morgan fingerprint density at radius 2 is 2.12 bits per heavy atom. The number of piperidine rings is 1. The van der Waals surface area contributed by atoms with Crippen LogP contribution in [0.1, 0.15) is 53.6 Å². The summed E-state index contributed by atoms with van der Waals surface area (Å²) in [5, 5.41) is 30.1. The Balaban J connectivity index is 1.32. The number of nitrogens with zero attached hydrogens (tertiary/aromatic N) is 1. The van der Waals surface area contributed by atoms with Crippen LogP contribution < -0.4 is 10.1 Å². The van der Waals surface area contributed by atoms with Gasteiger partial charge in [0.05, 0.1) is 17.1 Å². The van der Waals surface area contributed by atoms with Gasteiger partial charge in [0, 0.05) is 29.1 Å². The van der Waals surface area contributed by atoms with E-state index in [1.54, 1.807) is 6.07 Å². The molecule has 1 saturated heterocycles. The van der Waals surface area contributed by atoms with Gasteiger partial charge < -0.3 is 20.3 Å². The van der Waals surface area contributed by atoms with Gasteiger partial charge in [-0.15, -0.1) is 0 Å². The molecular formula is C25H28N2O4S. The van der Waals surface area contributed by atoms with Crippen LogP contribution >= 0.6 is 11.3 Å². The van der Waals surface area contributed by atoms with Crippen LogP contribution in [0.5, 0.6) is 11.5 Å². The van der Waals surface area contributed by atoms with Crippen molar-refractivity contribution in [3.8, 4) is 11.5 Å². The maximum Gasteiger partial charge on any atom is 0.252 e. The molecule has 0 unspecified atom stereocenters. The van der Waals surface area contributed by atoms with Gasteiger partial charge in [-0.2, -0.15) is 11.3 Å². The highest BCUT2D eigenvalue weighted by Gasteiger charge is 2.73. The number of phenolic OH excluding ortho intramolecular Hbond substituents is 1. The number of rotatable bonds is 4. The minimum Gasteiger partial charge on any atom is -0.504 e. The van der Waals surface area contributed by atoms with Crippen molar-refractivity contribution in [1.29, 1.82) is 0 Å². The minimum absolute atomic E-state index is 0.0551. The Morgan fingerprint density at radius 3 is 2.91 bits per heavy atom. The third-order valence-electron chi connectivity index (χ3n) is 8.86. The molecule has 1 amide bonds. The number of hydrogen-bond donors (Lipinski definition) is 3. The Kier molecular flexibility index (Phi) is 3.93. The summed E-state index contributed by atoms with van der Waals surface area (Å²) in [7, 11) is 0. The summed E-state index contributed by atoms with van der Waals surface area (Å²) >= 11 is 1.50. The van der Waals surface area contributed by atoms with Gasteiger partial charge in [-0.25, -0.2) is 0 Å². The highest BCUT2D eigenvalue weighted by molar-refractivity contribution is 7.08. The van der Waals surface area contributed by atoms with Gasteiger partial charge in [0.25, 0.3) is 5.91 Å². The van der Waals surface area contributed by atoms with Crippen molar-refractivity contribution in [3.63, 3.8) is 0 Å². The number of ether oxygens (including phenoxy) is 1. The lowest BCUT2D eigenvalue weighted by Crippen LogP contribution is -2.78. The zero-order valence-corrected chi connectivity index (χ0v) is 18.7. The largest absolute Gasteiger partial charge is 0.504 e. The van der Waals surface area contributed by atoms with Crippen LogP contribution in [0.15, 0.2) is 29.0 Å². The number of aliphatic hydroxyl groups is 1. The number of phenols is 1. The van der Waals surface area contributed by atoms with Crippen LogP contribution in [-0.4, -0.2) is 57.9 Å². The molecule has 2 aromatic rings. The predicted octanol–water partition coefficient (Wildman–Crippen LogP) is 2.82. The number of amides is 1. The molecule has 168 valence electrons. The first-order valence-corrected chi connectivity index (χ1v) is 12.8. The molecule has 1 aromatic heterocycles. The molecule has 7 rings (SSSR count). The topological polar surface area (TPSA) is 82.0 Å². The molecular weight excluding hydrogens is 424 g/mol. The molecule has 3 heterocycles. The van der Waals surface area contributed by atoms with Gasteiger partial charge in [0.15, 0.2) is 11.5 Å². The molecule has 6 nitrogen and oxygen atoms in total. The second kappa shape index (κ2) is 6.49. The number of aromatic hydroxyl groups is 1. The molecule has 0 radical (unpaired) electrons. The first-order chi connectivity index (χ1) is 15.5. The average molecular weight is 453 g/mol. The number of hydrogen-bond acceptors (Lipinski definition) is 6. The number of nitrogens with one attached hydrogen (secondary N) is 1. The first-order valence-electron chi connectivity index (χ1n) is 11.8. The summed E-state index contributed by atoms with van der Waals surface area (Å²) < 4.78 is 6.49. The van der Waals surface area contributed by atoms with E-state index in [1.807, 2.05) is 22.9 Å². The molecule has 3 aliphatic carbocycles. The summed E-state index contributed by atoms with van der Waals surface area (Å²) in [6, 6.07) is 5.42. The van der Waals surface area contributed by atoms with Crippen LogP contribution in [0.4, 0.5) is 0 Å². The fourth-order valence-corrected chi connectivity index (χ4v) is 7.91. The molecule has 5 aliphatic rings. The highest BCUT2D eigenvalue weighted by atomic mass is 32.1. The van der Waals surface area contributed by atoms with Crippen molar-refractivity contribution in [2.75, 3.05) is 13.1 Å². The fraction of sp³-hybridized carbons (Fsp3) is 0.560. The molecule has 32 heavy (non-hydrogen) atoms. The van der Waals surface area contributed by atoms with Gasteiger partial charge in [-0.3, -0.25) is 9.69 Å². The molecule has 5 atom stereocenters. The van der Waals surface area contributed by atoms with Gasteiger partial charge in [0.1, 0.15) is 6.10 Å². The third-order valence-corrected chi connectivity index (χ3v) is 9.55. The van der Waals surface area contributed by atoms with Gasteiger partial charge in [0.2, 0.25) is 0 Å². The number of thiophene rings is 1. The van der Waals surface area contributed by atoms with Gasteiger partial charge in [-0.05, 0) is 74.1 Å². The van der Waals surface area contributed by atoms with E-state index in [0.29, 0.717) is 24.2 Å². The molecule has 2 aliphatic heterocycles. The van der Waals surface area contributed by atoms with E-state index >= 15 is 0 Å². The van der Waals surface area contributed by atoms with E-state index < -0.39 is 11.0 Å². The summed E-state index contributed by atoms with van der Waals surface area (Å²) in [6.07, 6.45) is 5.07. The predicted molar refractivity (Wildman–Crippen MR) is 120 cm³/mol. The van der Waals surface area contributed by atoms with E-state index in [9.17, 15) is 15.0 Å². The average Bonchev–Trinajstić information content (AvgIpc) is 3.27. The van der Waals surface area contributed by atoms with Crippen molar-refractivity contribution >= 4 is 17.2 Å². The molecule has 1 spiro atoms. The summed E-state index contributed by atoms with van der Waals surface area (Å²) in [6.45, 7) is 1.98.